The Labute approximate surface area is 168 Å². The van der Waals surface area contributed by atoms with Crippen LogP contribution in [-0.4, -0.2) is 33.9 Å². The van der Waals surface area contributed by atoms with Gasteiger partial charge in [0.25, 0.3) is 5.91 Å². The molecule has 2 N–H and O–H groups in total. The smallest absolute Gasteiger partial charge is 0.307 e. The molecule has 3 rings (SSSR count). The van der Waals surface area contributed by atoms with Gasteiger partial charge < -0.3 is 10.1 Å². The topological polar surface area (TPSA) is 102 Å². The Morgan fingerprint density at radius 2 is 2.04 bits per heavy atom. The number of sulfonamides is 1. The van der Waals surface area contributed by atoms with E-state index in [2.05, 4.69) is 10.0 Å². The number of hydrogen-bond acceptors (Lipinski definition) is 6. The molecule has 0 bridgehead atoms. The second-order valence-corrected chi connectivity index (χ2v) is 9.39. The van der Waals surface area contributed by atoms with Gasteiger partial charge in [0, 0.05) is 17.0 Å². The van der Waals surface area contributed by atoms with Crippen molar-refractivity contribution in [2.24, 2.45) is 5.92 Å². The van der Waals surface area contributed by atoms with Crippen LogP contribution in [0.5, 0.6) is 0 Å². The fourth-order valence-electron chi connectivity index (χ4n) is 2.64. The van der Waals surface area contributed by atoms with Gasteiger partial charge in [0.1, 0.15) is 0 Å². The largest absolute Gasteiger partial charge is 0.469 e. The quantitative estimate of drug-likeness (QED) is 0.605. The molecule has 1 aliphatic carbocycles. The van der Waals surface area contributed by atoms with Crippen LogP contribution in [0.1, 0.15) is 40.5 Å². The number of ether oxygens (including phenoxy) is 1. The van der Waals surface area contributed by atoms with E-state index in [9.17, 15) is 18.0 Å². The van der Waals surface area contributed by atoms with E-state index >= 15 is 0 Å². The zero-order valence-corrected chi connectivity index (χ0v) is 17.0. The zero-order chi connectivity index (χ0) is 20.1. The molecule has 1 amide bonds. The van der Waals surface area contributed by atoms with Gasteiger partial charge in [-0.3, -0.25) is 9.59 Å². The van der Waals surface area contributed by atoms with Crippen LogP contribution in [0.25, 0.3) is 0 Å². The monoisotopic (exact) mass is 422 g/mol. The standard InChI is InChI=1S/C19H22N2O5S2/c1-26-18(22)11-16(17-6-3-9-27-17)21-19(23)14-4-2-5-15(10-14)28(24,25)20-12-13-7-8-13/h2-6,9-10,13,16,20H,7-8,11-12H2,1H3,(H,21,23)/t16-/m1/s1. The number of carbonyl (C=O) groups excluding carboxylic acids is 2. The van der Waals surface area contributed by atoms with Crippen molar-refractivity contribution in [2.75, 3.05) is 13.7 Å². The van der Waals surface area contributed by atoms with Gasteiger partial charge in [-0.15, -0.1) is 11.3 Å². The second-order valence-electron chi connectivity index (χ2n) is 6.64. The van der Waals surface area contributed by atoms with Gasteiger partial charge in [-0.05, 0) is 48.4 Å². The molecular formula is C19H22N2O5S2. The van der Waals surface area contributed by atoms with Crippen LogP contribution in [0.2, 0.25) is 0 Å². The number of esters is 1. The van der Waals surface area contributed by atoms with Gasteiger partial charge in [0.15, 0.2) is 0 Å². The number of nitrogens with one attached hydrogen (secondary N) is 2. The SMILES string of the molecule is COC(=O)C[C@@H](NC(=O)c1cccc(S(=O)(=O)NCC2CC2)c1)c1cccs1. The molecule has 1 heterocycles. The minimum Gasteiger partial charge on any atom is -0.469 e. The lowest BCUT2D eigenvalue weighted by atomic mass is 10.1. The van der Waals surface area contributed by atoms with Crippen molar-refractivity contribution >= 4 is 33.2 Å². The van der Waals surface area contributed by atoms with Crippen molar-refractivity contribution < 1.29 is 22.7 Å². The van der Waals surface area contributed by atoms with E-state index in [1.54, 1.807) is 6.07 Å². The number of amides is 1. The molecular weight excluding hydrogens is 400 g/mol. The Balaban J connectivity index is 1.74. The summed E-state index contributed by atoms with van der Waals surface area (Å²) in [6.07, 6.45) is 2.06. The van der Waals surface area contributed by atoms with Gasteiger partial charge in [0.2, 0.25) is 10.0 Å². The summed E-state index contributed by atoms with van der Waals surface area (Å²) < 4.78 is 32.1. The fraction of sp³-hybridized carbons (Fsp3) is 0.368. The van der Waals surface area contributed by atoms with Crippen LogP contribution in [-0.2, 0) is 19.6 Å². The Morgan fingerprint density at radius 1 is 1.25 bits per heavy atom. The fourth-order valence-corrected chi connectivity index (χ4v) is 4.58. The van der Waals surface area contributed by atoms with Gasteiger partial charge >= 0.3 is 5.97 Å². The first kappa shape index (κ1) is 20.5. The summed E-state index contributed by atoms with van der Waals surface area (Å²) in [7, 11) is -2.38. The third kappa shape index (κ3) is 5.40. The lowest BCUT2D eigenvalue weighted by Crippen LogP contribution is -2.30. The maximum Gasteiger partial charge on any atom is 0.307 e. The van der Waals surface area contributed by atoms with Crippen molar-refractivity contribution in [3.05, 3.63) is 52.2 Å². The summed E-state index contributed by atoms with van der Waals surface area (Å²) in [4.78, 5) is 25.3. The molecule has 150 valence electrons. The third-order valence-corrected chi connectivity index (χ3v) is 6.86. The second kappa shape index (κ2) is 8.85. The Bertz CT molecular complexity index is 937. The molecule has 1 saturated carbocycles. The van der Waals surface area contributed by atoms with Crippen LogP contribution in [0.4, 0.5) is 0 Å². The minimum atomic E-state index is -3.67. The summed E-state index contributed by atoms with van der Waals surface area (Å²) in [6.45, 7) is 0.415. The molecule has 0 aliphatic heterocycles. The Kier molecular flexibility index (Phi) is 6.48. The highest BCUT2D eigenvalue weighted by Gasteiger charge is 2.25. The van der Waals surface area contributed by atoms with Crippen LogP contribution in [0.15, 0.2) is 46.7 Å². The predicted octanol–water partition coefficient (Wildman–Crippen LogP) is 2.47. The highest BCUT2D eigenvalue weighted by molar-refractivity contribution is 7.89. The summed E-state index contributed by atoms with van der Waals surface area (Å²) >= 11 is 1.41. The molecule has 1 atom stereocenters. The minimum absolute atomic E-state index is 0.0102. The van der Waals surface area contributed by atoms with Gasteiger partial charge in [0.05, 0.1) is 24.5 Å². The summed E-state index contributed by atoms with van der Waals surface area (Å²) in [6, 6.07) is 8.97. The average molecular weight is 423 g/mol. The van der Waals surface area contributed by atoms with Crippen LogP contribution in [0.3, 0.4) is 0 Å². The normalized spacial score (nSPS) is 15.0. The molecule has 7 nitrogen and oxygen atoms in total. The molecule has 28 heavy (non-hydrogen) atoms. The maximum atomic E-state index is 12.7. The number of methoxy groups -OCH3 is 1. The van der Waals surface area contributed by atoms with E-state index in [0.717, 1.165) is 17.7 Å². The maximum absolute atomic E-state index is 12.7. The van der Waals surface area contributed by atoms with Gasteiger partial charge in [-0.2, -0.15) is 0 Å². The molecule has 1 aliphatic rings. The predicted molar refractivity (Wildman–Crippen MR) is 106 cm³/mol. The number of rotatable bonds is 9. The first-order chi connectivity index (χ1) is 13.4. The van der Waals surface area contributed by atoms with E-state index in [1.165, 1.54) is 36.6 Å². The molecule has 1 fully saturated rings. The van der Waals surface area contributed by atoms with E-state index in [-0.39, 0.29) is 16.9 Å². The van der Waals surface area contributed by atoms with E-state index < -0.39 is 27.9 Å². The molecule has 2 aromatic rings. The molecule has 0 radical (unpaired) electrons. The van der Waals surface area contributed by atoms with Crippen molar-refractivity contribution in [3.8, 4) is 0 Å². The van der Waals surface area contributed by atoms with E-state index in [4.69, 9.17) is 4.74 Å². The molecule has 0 unspecified atom stereocenters. The lowest BCUT2D eigenvalue weighted by molar-refractivity contribution is -0.141. The molecule has 1 aromatic heterocycles. The van der Waals surface area contributed by atoms with Crippen molar-refractivity contribution in [1.29, 1.82) is 0 Å². The zero-order valence-electron chi connectivity index (χ0n) is 15.4. The highest BCUT2D eigenvalue weighted by atomic mass is 32.2. The van der Waals surface area contributed by atoms with Gasteiger partial charge in [-0.25, -0.2) is 13.1 Å². The third-order valence-electron chi connectivity index (χ3n) is 4.46. The summed E-state index contributed by atoms with van der Waals surface area (Å²) in [5, 5.41) is 4.65. The van der Waals surface area contributed by atoms with E-state index in [0.29, 0.717) is 12.5 Å². The van der Waals surface area contributed by atoms with E-state index in [1.807, 2.05) is 17.5 Å². The Morgan fingerprint density at radius 3 is 2.68 bits per heavy atom. The first-order valence-electron chi connectivity index (χ1n) is 8.90. The van der Waals surface area contributed by atoms with Crippen LogP contribution in [0, 0.1) is 5.92 Å². The number of carbonyl (C=O) groups is 2. The van der Waals surface area contributed by atoms with Crippen molar-refractivity contribution in [2.45, 2.75) is 30.2 Å². The number of benzene rings is 1. The average Bonchev–Trinajstić information content (AvgIpc) is 3.37. The Hall–Kier alpha value is -2.23. The summed E-state index contributed by atoms with van der Waals surface area (Å²) in [5.41, 5.74) is 0.209. The number of hydrogen-bond donors (Lipinski definition) is 2. The lowest BCUT2D eigenvalue weighted by Gasteiger charge is -2.17. The van der Waals surface area contributed by atoms with Crippen LogP contribution >= 0.6 is 11.3 Å². The molecule has 0 spiro atoms. The van der Waals surface area contributed by atoms with Crippen molar-refractivity contribution in [1.82, 2.24) is 10.0 Å². The first-order valence-corrected chi connectivity index (χ1v) is 11.3. The van der Waals surface area contributed by atoms with Gasteiger partial charge in [-0.1, -0.05) is 12.1 Å². The van der Waals surface area contributed by atoms with Crippen molar-refractivity contribution in [3.63, 3.8) is 0 Å². The molecule has 0 saturated heterocycles. The van der Waals surface area contributed by atoms with Crippen LogP contribution < -0.4 is 10.0 Å². The number of thiophene rings is 1. The highest BCUT2D eigenvalue weighted by Crippen LogP contribution is 2.28. The molecule has 9 heteroatoms. The summed E-state index contributed by atoms with van der Waals surface area (Å²) in [5.74, 6) is -0.494. The molecule has 1 aromatic carbocycles.